The number of ether oxygens (including phenoxy) is 1. The van der Waals surface area contributed by atoms with Crippen LogP contribution < -0.4 is 5.32 Å². The fraction of sp³-hybridized carbons (Fsp3) is 0.300. The van der Waals surface area contributed by atoms with E-state index in [0.717, 1.165) is 36.3 Å². The van der Waals surface area contributed by atoms with E-state index in [2.05, 4.69) is 41.6 Å². The van der Waals surface area contributed by atoms with E-state index >= 15 is 0 Å². The first kappa shape index (κ1) is 25.5. The summed E-state index contributed by atoms with van der Waals surface area (Å²) in [6, 6.07) is 25.6. The van der Waals surface area contributed by atoms with Crippen LogP contribution in [-0.4, -0.2) is 52.7 Å². The lowest BCUT2D eigenvalue weighted by Gasteiger charge is -2.47. The van der Waals surface area contributed by atoms with Crippen molar-refractivity contribution in [2.75, 3.05) is 25.0 Å². The average Bonchev–Trinajstić information content (AvgIpc) is 2.87. The third kappa shape index (κ3) is 6.33. The van der Waals surface area contributed by atoms with Crippen LogP contribution >= 0.6 is 0 Å². The van der Waals surface area contributed by atoms with Crippen LogP contribution in [0.15, 0.2) is 91.5 Å². The predicted molar refractivity (Wildman–Crippen MR) is 144 cm³/mol. The number of carbonyl (C=O) groups excluding carboxylic acids is 1. The Morgan fingerprint density at radius 1 is 1.03 bits per heavy atom. The topological polar surface area (TPSA) is 65.0 Å². The summed E-state index contributed by atoms with van der Waals surface area (Å²) >= 11 is 0. The van der Waals surface area contributed by atoms with Gasteiger partial charge in [0.05, 0.1) is 6.04 Å². The molecule has 4 rings (SSSR count). The second-order valence-corrected chi connectivity index (χ2v) is 9.44. The van der Waals surface area contributed by atoms with Crippen molar-refractivity contribution in [1.29, 1.82) is 0 Å². The maximum atomic E-state index is 12.3. The number of rotatable bonds is 8. The summed E-state index contributed by atoms with van der Waals surface area (Å²) in [6.07, 6.45) is 1.47. The number of phenols is 1. The molecular formula is C30H35N3O3. The van der Waals surface area contributed by atoms with Gasteiger partial charge in [-0.15, -0.1) is 6.58 Å². The van der Waals surface area contributed by atoms with Gasteiger partial charge in [-0.05, 0) is 54.8 Å². The highest BCUT2D eigenvalue weighted by Crippen LogP contribution is 2.35. The average molecular weight is 486 g/mol. The molecule has 1 heterocycles. The summed E-state index contributed by atoms with van der Waals surface area (Å²) in [5, 5.41) is 13.0. The van der Waals surface area contributed by atoms with E-state index in [-0.39, 0.29) is 18.4 Å². The van der Waals surface area contributed by atoms with Crippen molar-refractivity contribution in [3.8, 4) is 5.75 Å². The summed E-state index contributed by atoms with van der Waals surface area (Å²) < 4.78 is 5.35. The minimum atomic E-state index is -0.489. The second-order valence-electron chi connectivity index (χ2n) is 9.44. The molecule has 0 aliphatic carbocycles. The Kier molecular flexibility index (Phi) is 8.41. The van der Waals surface area contributed by atoms with E-state index in [0.29, 0.717) is 17.8 Å². The van der Waals surface area contributed by atoms with Gasteiger partial charge in [-0.25, -0.2) is 4.79 Å². The van der Waals surface area contributed by atoms with Crippen LogP contribution in [0.4, 0.5) is 10.5 Å². The Balaban J connectivity index is 1.51. The standard InChI is InChI=1S/C30H35N3O3/c1-4-17-32-19-23(3)33(20-22(32)2)29(26-11-8-12-28(34)18-26)25-13-15-27(16-14-25)31-30(35)36-21-24-9-6-5-7-10-24/h4-16,18,22-23,29,34H,1,17,19-21H2,2-3H3,(H,31,35). The van der Waals surface area contributed by atoms with Crippen molar-refractivity contribution < 1.29 is 14.6 Å². The van der Waals surface area contributed by atoms with Crippen LogP contribution in [0.1, 0.15) is 36.6 Å². The van der Waals surface area contributed by atoms with Crippen molar-refractivity contribution in [3.05, 3.63) is 108 Å². The number of nitrogens with one attached hydrogen (secondary N) is 1. The number of nitrogens with zero attached hydrogens (tertiary/aromatic N) is 2. The highest BCUT2D eigenvalue weighted by molar-refractivity contribution is 5.84. The van der Waals surface area contributed by atoms with Crippen LogP contribution in [0.3, 0.4) is 0 Å². The van der Waals surface area contributed by atoms with Gasteiger partial charge in [-0.2, -0.15) is 0 Å². The van der Waals surface area contributed by atoms with Gasteiger partial charge < -0.3 is 9.84 Å². The van der Waals surface area contributed by atoms with Gasteiger partial charge in [0.15, 0.2) is 0 Å². The normalized spacial score (nSPS) is 19.4. The van der Waals surface area contributed by atoms with Crippen molar-refractivity contribution >= 4 is 11.8 Å². The van der Waals surface area contributed by atoms with Crippen molar-refractivity contribution in [1.82, 2.24) is 9.80 Å². The summed E-state index contributed by atoms with van der Waals surface area (Å²) in [5.74, 6) is 0.253. The maximum absolute atomic E-state index is 12.3. The molecule has 3 aromatic rings. The number of piperazine rings is 1. The van der Waals surface area contributed by atoms with Crippen LogP contribution in [0, 0.1) is 0 Å². The Hall–Kier alpha value is -3.61. The number of phenolic OH excluding ortho intramolecular Hbond substituents is 1. The highest BCUT2D eigenvalue weighted by Gasteiger charge is 2.34. The first-order valence-electron chi connectivity index (χ1n) is 12.4. The number of carbonyl (C=O) groups is 1. The van der Waals surface area contributed by atoms with Crippen molar-refractivity contribution in [2.24, 2.45) is 0 Å². The Morgan fingerprint density at radius 2 is 1.78 bits per heavy atom. The molecule has 6 heteroatoms. The largest absolute Gasteiger partial charge is 0.508 e. The molecule has 0 aromatic heterocycles. The number of anilines is 1. The Labute approximate surface area is 213 Å². The van der Waals surface area contributed by atoms with Crippen LogP contribution in [0.5, 0.6) is 5.75 Å². The smallest absolute Gasteiger partial charge is 0.411 e. The molecule has 3 unspecified atom stereocenters. The number of amides is 1. The lowest BCUT2D eigenvalue weighted by atomic mass is 9.93. The third-order valence-electron chi connectivity index (χ3n) is 6.73. The van der Waals surface area contributed by atoms with Gasteiger partial charge in [0.1, 0.15) is 12.4 Å². The molecule has 1 fully saturated rings. The summed E-state index contributed by atoms with van der Waals surface area (Å²) in [6.45, 7) is 11.3. The lowest BCUT2D eigenvalue weighted by molar-refractivity contribution is 0.0306. The lowest BCUT2D eigenvalue weighted by Crippen LogP contribution is -2.57. The van der Waals surface area contributed by atoms with E-state index in [1.165, 1.54) is 0 Å². The first-order valence-corrected chi connectivity index (χ1v) is 12.4. The van der Waals surface area contributed by atoms with Crippen LogP contribution in [0.25, 0.3) is 0 Å². The monoisotopic (exact) mass is 485 g/mol. The van der Waals surface area contributed by atoms with E-state index in [1.807, 2.05) is 72.8 Å². The Bertz CT molecular complexity index is 1150. The molecule has 1 saturated heterocycles. The van der Waals surface area contributed by atoms with Gasteiger partial charge in [0, 0.05) is 37.4 Å². The van der Waals surface area contributed by atoms with E-state index < -0.39 is 6.09 Å². The summed E-state index contributed by atoms with van der Waals surface area (Å²) in [4.78, 5) is 17.2. The highest BCUT2D eigenvalue weighted by atomic mass is 16.5. The van der Waals surface area contributed by atoms with Gasteiger partial charge in [0.2, 0.25) is 0 Å². The molecule has 1 aliphatic rings. The van der Waals surface area contributed by atoms with Gasteiger partial charge >= 0.3 is 6.09 Å². The number of benzene rings is 3. The maximum Gasteiger partial charge on any atom is 0.411 e. The van der Waals surface area contributed by atoms with Crippen LogP contribution in [0.2, 0.25) is 0 Å². The quantitative estimate of drug-likeness (QED) is 0.394. The molecule has 0 radical (unpaired) electrons. The van der Waals surface area contributed by atoms with E-state index in [4.69, 9.17) is 4.74 Å². The zero-order valence-corrected chi connectivity index (χ0v) is 21.0. The third-order valence-corrected chi connectivity index (χ3v) is 6.73. The molecule has 0 saturated carbocycles. The minimum absolute atomic E-state index is 0.0282. The number of hydrogen-bond acceptors (Lipinski definition) is 5. The number of aromatic hydroxyl groups is 1. The molecular weight excluding hydrogens is 450 g/mol. The number of hydrogen-bond donors (Lipinski definition) is 2. The first-order chi connectivity index (χ1) is 17.4. The van der Waals surface area contributed by atoms with Gasteiger partial charge in [0.25, 0.3) is 0 Å². The summed E-state index contributed by atoms with van der Waals surface area (Å²) in [5.41, 5.74) is 3.74. The zero-order valence-electron chi connectivity index (χ0n) is 21.0. The zero-order chi connectivity index (χ0) is 25.5. The van der Waals surface area contributed by atoms with Crippen LogP contribution in [-0.2, 0) is 11.3 Å². The van der Waals surface area contributed by atoms with E-state index in [9.17, 15) is 9.90 Å². The van der Waals surface area contributed by atoms with Crippen molar-refractivity contribution in [2.45, 2.75) is 38.6 Å². The molecule has 3 atom stereocenters. The molecule has 0 bridgehead atoms. The molecule has 0 spiro atoms. The Morgan fingerprint density at radius 3 is 2.47 bits per heavy atom. The SMILES string of the molecule is C=CCN1CC(C)N(C(c2ccc(NC(=O)OCc3ccccc3)cc2)c2cccc(O)c2)CC1C. The fourth-order valence-corrected chi connectivity index (χ4v) is 4.90. The summed E-state index contributed by atoms with van der Waals surface area (Å²) in [7, 11) is 0. The van der Waals surface area contributed by atoms with Gasteiger partial charge in [-0.1, -0.05) is 60.7 Å². The van der Waals surface area contributed by atoms with E-state index in [1.54, 1.807) is 6.07 Å². The molecule has 3 aromatic carbocycles. The van der Waals surface area contributed by atoms with Crippen molar-refractivity contribution in [3.63, 3.8) is 0 Å². The van der Waals surface area contributed by atoms with Gasteiger partial charge in [-0.3, -0.25) is 15.1 Å². The molecule has 2 N–H and O–H groups in total. The molecule has 6 nitrogen and oxygen atoms in total. The fourth-order valence-electron chi connectivity index (χ4n) is 4.90. The molecule has 1 amide bonds. The molecule has 1 aliphatic heterocycles. The second kappa shape index (κ2) is 11.9. The predicted octanol–water partition coefficient (Wildman–Crippen LogP) is 5.81. The molecule has 188 valence electrons. The molecule has 36 heavy (non-hydrogen) atoms. The minimum Gasteiger partial charge on any atom is -0.508 e.